The molecule has 0 aromatic rings. The molecule has 3 heteroatoms. The topological polar surface area (TPSA) is 41.1 Å². The molecule has 0 heterocycles. The molecule has 0 aromatic carbocycles. The van der Waals surface area contributed by atoms with Gasteiger partial charge in [0.05, 0.1) is 6.04 Å². The average Bonchev–Trinajstić information content (AvgIpc) is 2.01. The van der Waals surface area contributed by atoms with Gasteiger partial charge >= 0.3 is 0 Å². The van der Waals surface area contributed by atoms with Crippen LogP contribution in [0.1, 0.15) is 34.6 Å². The molecule has 1 unspecified atom stereocenters. The van der Waals surface area contributed by atoms with Gasteiger partial charge in [-0.1, -0.05) is 12.2 Å². The first-order valence-corrected chi connectivity index (χ1v) is 5.03. The summed E-state index contributed by atoms with van der Waals surface area (Å²) in [5.74, 6) is 0.0435. The van der Waals surface area contributed by atoms with Crippen molar-refractivity contribution in [1.29, 1.82) is 0 Å². The molecule has 0 saturated heterocycles. The normalized spacial score (nSPS) is 14.4. The Balaban J connectivity index is 3.88. The molecule has 0 saturated carbocycles. The van der Waals surface area contributed by atoms with Crippen LogP contribution in [-0.4, -0.2) is 24.0 Å². The lowest BCUT2D eigenvalue weighted by Crippen LogP contribution is -2.49. The van der Waals surface area contributed by atoms with Crippen LogP contribution in [0.5, 0.6) is 0 Å². The Hall–Kier alpha value is -0.830. The van der Waals surface area contributed by atoms with E-state index in [9.17, 15) is 4.79 Å². The monoisotopic (exact) mass is 198 g/mol. The van der Waals surface area contributed by atoms with Gasteiger partial charge in [-0.15, -0.1) is 0 Å². The number of hydrogen-bond acceptors (Lipinski definition) is 2. The SMILES string of the molecule is C/C=C/CNC(C)C(=O)NC(C)(C)C. The lowest BCUT2D eigenvalue weighted by atomic mass is 10.1. The molecule has 3 nitrogen and oxygen atoms in total. The smallest absolute Gasteiger partial charge is 0.237 e. The van der Waals surface area contributed by atoms with E-state index >= 15 is 0 Å². The molecular weight excluding hydrogens is 176 g/mol. The Bertz CT molecular complexity index is 204. The average molecular weight is 198 g/mol. The van der Waals surface area contributed by atoms with E-state index in [1.807, 2.05) is 46.8 Å². The van der Waals surface area contributed by atoms with Gasteiger partial charge in [-0.05, 0) is 34.6 Å². The quantitative estimate of drug-likeness (QED) is 0.671. The van der Waals surface area contributed by atoms with E-state index in [0.717, 1.165) is 6.54 Å². The summed E-state index contributed by atoms with van der Waals surface area (Å²) >= 11 is 0. The zero-order valence-corrected chi connectivity index (χ0v) is 9.85. The van der Waals surface area contributed by atoms with Crippen LogP contribution in [0.15, 0.2) is 12.2 Å². The molecule has 2 N–H and O–H groups in total. The van der Waals surface area contributed by atoms with Crippen molar-refractivity contribution < 1.29 is 4.79 Å². The van der Waals surface area contributed by atoms with Crippen molar-refractivity contribution >= 4 is 5.91 Å². The largest absolute Gasteiger partial charge is 0.350 e. The van der Waals surface area contributed by atoms with Crippen LogP contribution in [-0.2, 0) is 4.79 Å². The molecule has 82 valence electrons. The van der Waals surface area contributed by atoms with E-state index in [1.54, 1.807) is 0 Å². The third kappa shape index (κ3) is 6.66. The second-order valence-electron chi connectivity index (χ2n) is 4.44. The lowest BCUT2D eigenvalue weighted by Gasteiger charge is -2.23. The zero-order valence-electron chi connectivity index (χ0n) is 9.85. The minimum Gasteiger partial charge on any atom is -0.350 e. The summed E-state index contributed by atoms with van der Waals surface area (Å²) < 4.78 is 0. The first-order chi connectivity index (χ1) is 6.37. The van der Waals surface area contributed by atoms with Gasteiger partial charge in [-0.25, -0.2) is 0 Å². The molecule has 0 rings (SSSR count). The molecule has 0 spiro atoms. The van der Waals surface area contributed by atoms with Crippen LogP contribution in [0.4, 0.5) is 0 Å². The number of allylic oxidation sites excluding steroid dienone is 1. The second-order valence-corrected chi connectivity index (χ2v) is 4.44. The van der Waals surface area contributed by atoms with E-state index in [-0.39, 0.29) is 17.5 Å². The fourth-order valence-electron chi connectivity index (χ4n) is 0.933. The number of carbonyl (C=O) groups is 1. The Morgan fingerprint density at radius 1 is 1.43 bits per heavy atom. The Labute approximate surface area is 87.0 Å². The number of nitrogens with one attached hydrogen (secondary N) is 2. The van der Waals surface area contributed by atoms with Crippen molar-refractivity contribution in [3.05, 3.63) is 12.2 Å². The first kappa shape index (κ1) is 13.2. The zero-order chi connectivity index (χ0) is 11.2. The number of rotatable bonds is 4. The van der Waals surface area contributed by atoms with Gasteiger partial charge < -0.3 is 10.6 Å². The lowest BCUT2D eigenvalue weighted by molar-refractivity contribution is -0.124. The van der Waals surface area contributed by atoms with E-state index in [4.69, 9.17) is 0 Å². The fourth-order valence-corrected chi connectivity index (χ4v) is 0.933. The van der Waals surface area contributed by atoms with Crippen LogP contribution < -0.4 is 10.6 Å². The summed E-state index contributed by atoms with van der Waals surface area (Å²) in [6.07, 6.45) is 3.95. The molecule has 0 aliphatic heterocycles. The highest BCUT2D eigenvalue weighted by Crippen LogP contribution is 1.99. The highest BCUT2D eigenvalue weighted by atomic mass is 16.2. The fraction of sp³-hybridized carbons (Fsp3) is 0.727. The molecule has 1 amide bonds. The van der Waals surface area contributed by atoms with Crippen molar-refractivity contribution in [2.45, 2.75) is 46.2 Å². The van der Waals surface area contributed by atoms with E-state index in [2.05, 4.69) is 10.6 Å². The highest BCUT2D eigenvalue weighted by molar-refractivity contribution is 5.81. The van der Waals surface area contributed by atoms with Crippen LogP contribution in [0.25, 0.3) is 0 Å². The summed E-state index contributed by atoms with van der Waals surface area (Å²) in [7, 11) is 0. The molecule has 14 heavy (non-hydrogen) atoms. The van der Waals surface area contributed by atoms with Gasteiger partial charge in [-0.3, -0.25) is 4.79 Å². The van der Waals surface area contributed by atoms with Gasteiger partial charge in [0.15, 0.2) is 0 Å². The van der Waals surface area contributed by atoms with E-state index in [1.165, 1.54) is 0 Å². The van der Waals surface area contributed by atoms with Gasteiger partial charge in [-0.2, -0.15) is 0 Å². The van der Waals surface area contributed by atoms with E-state index in [0.29, 0.717) is 0 Å². The summed E-state index contributed by atoms with van der Waals surface area (Å²) in [6.45, 7) is 10.5. The highest BCUT2D eigenvalue weighted by Gasteiger charge is 2.17. The van der Waals surface area contributed by atoms with E-state index < -0.39 is 0 Å². The Kier molecular flexibility index (Phi) is 5.46. The summed E-state index contributed by atoms with van der Waals surface area (Å²) in [5, 5.41) is 6.03. The van der Waals surface area contributed by atoms with Crippen LogP contribution >= 0.6 is 0 Å². The van der Waals surface area contributed by atoms with Crippen molar-refractivity contribution in [1.82, 2.24) is 10.6 Å². The molecule has 0 fully saturated rings. The predicted molar refractivity (Wildman–Crippen MR) is 60.2 cm³/mol. The minimum absolute atomic E-state index is 0.0435. The molecule has 0 aliphatic carbocycles. The number of amides is 1. The van der Waals surface area contributed by atoms with Gasteiger partial charge in [0.25, 0.3) is 0 Å². The molecule has 1 atom stereocenters. The first-order valence-electron chi connectivity index (χ1n) is 5.03. The Morgan fingerprint density at radius 3 is 2.43 bits per heavy atom. The van der Waals surface area contributed by atoms with Gasteiger partial charge in [0, 0.05) is 12.1 Å². The van der Waals surface area contributed by atoms with Crippen molar-refractivity contribution in [3.63, 3.8) is 0 Å². The van der Waals surface area contributed by atoms with Crippen molar-refractivity contribution in [3.8, 4) is 0 Å². The van der Waals surface area contributed by atoms with Crippen molar-refractivity contribution in [2.24, 2.45) is 0 Å². The van der Waals surface area contributed by atoms with Gasteiger partial charge in [0.1, 0.15) is 0 Å². The second kappa shape index (κ2) is 5.81. The van der Waals surface area contributed by atoms with Crippen LogP contribution in [0, 0.1) is 0 Å². The minimum atomic E-state index is -0.159. The molecular formula is C11H22N2O. The Morgan fingerprint density at radius 2 is 2.00 bits per heavy atom. The molecule has 0 aliphatic rings. The van der Waals surface area contributed by atoms with Crippen molar-refractivity contribution in [2.75, 3.05) is 6.54 Å². The predicted octanol–water partition coefficient (Wildman–Crippen LogP) is 1.46. The third-order valence-electron chi connectivity index (χ3n) is 1.67. The summed E-state index contributed by atoms with van der Waals surface area (Å²) in [6, 6.07) is -0.148. The number of hydrogen-bond donors (Lipinski definition) is 2. The summed E-state index contributed by atoms with van der Waals surface area (Å²) in [5.41, 5.74) is -0.159. The maximum Gasteiger partial charge on any atom is 0.237 e. The maximum absolute atomic E-state index is 11.6. The number of carbonyl (C=O) groups excluding carboxylic acids is 1. The van der Waals surface area contributed by atoms with Crippen LogP contribution in [0.2, 0.25) is 0 Å². The molecule has 0 radical (unpaired) electrons. The third-order valence-corrected chi connectivity index (χ3v) is 1.67. The summed E-state index contributed by atoms with van der Waals surface area (Å²) in [4.78, 5) is 11.6. The standard InChI is InChI=1S/C11H22N2O/c1-6-7-8-12-9(2)10(14)13-11(3,4)5/h6-7,9,12H,8H2,1-5H3,(H,13,14)/b7-6+. The van der Waals surface area contributed by atoms with Crippen LogP contribution in [0.3, 0.4) is 0 Å². The van der Waals surface area contributed by atoms with Gasteiger partial charge in [0.2, 0.25) is 5.91 Å². The molecule has 0 bridgehead atoms. The molecule has 0 aromatic heterocycles. The maximum atomic E-state index is 11.6.